The van der Waals surface area contributed by atoms with E-state index < -0.39 is 0 Å². The van der Waals surface area contributed by atoms with Crippen molar-refractivity contribution in [3.05, 3.63) is 35.1 Å². The van der Waals surface area contributed by atoms with Gasteiger partial charge in [-0.25, -0.2) is 0 Å². The molecule has 0 aromatic heterocycles. The Morgan fingerprint density at radius 2 is 1.75 bits per heavy atom. The molecule has 0 aliphatic rings. The Labute approximate surface area is 89.6 Å². The third-order valence-corrected chi connectivity index (χ3v) is 1.36. The molecule has 0 saturated carbocycles. The maximum atomic E-state index is 4.81. The van der Waals surface area contributed by atoms with Crippen LogP contribution in [0.1, 0.15) is 5.56 Å². The summed E-state index contributed by atoms with van der Waals surface area (Å²) in [5.41, 5.74) is 2.32. The summed E-state index contributed by atoms with van der Waals surface area (Å²) in [6.45, 7) is 2.06. The minimum absolute atomic E-state index is 0.106. The normalized spacial score (nSPS) is 8.67. The van der Waals surface area contributed by atoms with Crippen LogP contribution in [0, 0.1) is 6.92 Å². The number of benzene rings is 1. The van der Waals surface area contributed by atoms with E-state index in [-0.39, 0.29) is 15.9 Å². The number of halogens is 2. The molecule has 0 atom stereocenters. The first-order valence-corrected chi connectivity index (χ1v) is 7.24. The van der Waals surface area contributed by atoms with E-state index in [0.717, 1.165) is 5.69 Å². The molecule has 0 aliphatic heterocycles. The molecular weight excluding hydrogens is 287 g/mol. The van der Waals surface area contributed by atoms with Crippen molar-refractivity contribution in [3.63, 3.8) is 0 Å². The zero-order valence-electron chi connectivity index (χ0n) is 6.83. The van der Waals surface area contributed by atoms with Gasteiger partial charge in [0.05, 0.1) is 0 Å². The summed E-state index contributed by atoms with van der Waals surface area (Å²) in [5.74, 6) is 0. The van der Waals surface area contributed by atoms with E-state index in [4.69, 9.17) is 19.1 Å². The summed E-state index contributed by atoms with van der Waals surface area (Å²) >= 11 is -0.106. The number of rotatable bonds is 1. The molecular formula is C8H10Cl2NPd-. The first-order chi connectivity index (χ1) is 5.76. The van der Waals surface area contributed by atoms with Crippen LogP contribution in [0.3, 0.4) is 0 Å². The summed E-state index contributed by atoms with van der Waals surface area (Å²) in [5, 5.41) is 4.07. The van der Waals surface area contributed by atoms with E-state index >= 15 is 0 Å². The van der Waals surface area contributed by atoms with Crippen molar-refractivity contribution >= 4 is 24.7 Å². The zero-order chi connectivity index (χ0) is 9.40. The number of aryl methyl sites for hydroxylation is 1. The van der Waals surface area contributed by atoms with E-state index in [9.17, 15) is 0 Å². The summed E-state index contributed by atoms with van der Waals surface area (Å²) in [7, 11) is 11.4. The molecule has 1 aromatic carbocycles. The van der Waals surface area contributed by atoms with Gasteiger partial charge in [-0.05, 0) is 6.92 Å². The minimum atomic E-state index is -0.106. The van der Waals surface area contributed by atoms with Gasteiger partial charge in [0.1, 0.15) is 0 Å². The van der Waals surface area contributed by atoms with E-state index in [1.165, 1.54) is 5.56 Å². The van der Waals surface area contributed by atoms with Gasteiger partial charge in [-0.15, -0.1) is 12.7 Å². The molecule has 4 heteroatoms. The fourth-order valence-corrected chi connectivity index (χ4v) is 0.814. The van der Waals surface area contributed by atoms with Crippen LogP contribution in [-0.2, 0) is 15.9 Å². The molecule has 0 radical (unpaired) electrons. The molecule has 1 nitrogen and oxygen atoms in total. The van der Waals surface area contributed by atoms with Gasteiger partial charge in [0.25, 0.3) is 0 Å². The molecule has 0 saturated heterocycles. The maximum absolute atomic E-state index is 4.81. The summed E-state index contributed by atoms with van der Waals surface area (Å²) in [6, 6.07) is 8.08. The van der Waals surface area contributed by atoms with Crippen LogP contribution >= 0.6 is 19.1 Å². The van der Waals surface area contributed by atoms with Gasteiger partial charge < -0.3 is 5.32 Å². The Morgan fingerprint density at radius 3 is 2.08 bits per heavy atom. The third kappa shape index (κ3) is 5.01. The Balaban J connectivity index is 0.000000354. The Bertz CT molecular complexity index is 218. The van der Waals surface area contributed by atoms with E-state index in [1.807, 2.05) is 25.2 Å². The van der Waals surface area contributed by atoms with Crippen molar-refractivity contribution < 1.29 is 15.9 Å². The Morgan fingerprint density at radius 1 is 1.25 bits per heavy atom. The van der Waals surface area contributed by atoms with Gasteiger partial charge in [-0.2, -0.15) is 0 Å². The van der Waals surface area contributed by atoms with Crippen molar-refractivity contribution in [3.8, 4) is 0 Å². The second-order valence-electron chi connectivity index (χ2n) is 2.06. The van der Waals surface area contributed by atoms with Gasteiger partial charge in [-0.1, -0.05) is 29.8 Å². The van der Waals surface area contributed by atoms with Crippen molar-refractivity contribution in [2.45, 2.75) is 6.92 Å². The zero-order valence-corrected chi connectivity index (χ0v) is 9.90. The van der Waals surface area contributed by atoms with Crippen LogP contribution in [0.15, 0.2) is 24.3 Å². The molecule has 12 heavy (non-hydrogen) atoms. The second-order valence-corrected chi connectivity index (χ2v) is 4.42. The predicted octanol–water partition coefficient (Wildman–Crippen LogP) is 4.01. The van der Waals surface area contributed by atoms with E-state index in [0.29, 0.717) is 0 Å². The molecule has 1 aromatic rings. The summed E-state index contributed by atoms with van der Waals surface area (Å²) in [6.07, 6.45) is 0. The molecule has 0 spiro atoms. The third-order valence-electron chi connectivity index (χ3n) is 1.36. The number of nitrogens with zero attached hydrogens (tertiary/aromatic N) is 1. The number of hydrogen-bond donors (Lipinski definition) is 0. The fraction of sp³-hybridized carbons (Fsp3) is 0.250. The van der Waals surface area contributed by atoms with Gasteiger partial charge >= 0.3 is 35.0 Å². The molecule has 0 heterocycles. The topological polar surface area (TPSA) is 14.1 Å². The van der Waals surface area contributed by atoms with Crippen molar-refractivity contribution in [2.24, 2.45) is 0 Å². The van der Waals surface area contributed by atoms with Crippen LogP contribution in [0.4, 0.5) is 5.69 Å². The molecule has 0 N–H and O–H groups in total. The average molecular weight is 298 g/mol. The Kier molecular flexibility index (Phi) is 8.06. The van der Waals surface area contributed by atoms with Gasteiger partial charge in [-0.3, -0.25) is 0 Å². The predicted molar refractivity (Wildman–Crippen MR) is 51.8 cm³/mol. The average Bonchev–Trinajstić information content (AvgIpc) is 2.07. The molecule has 1 rings (SSSR count). The SMILES string of the molecule is C[N-]c1ccccc1C.[Cl][Pd][Cl]. The van der Waals surface area contributed by atoms with E-state index in [2.05, 4.69) is 18.3 Å². The van der Waals surface area contributed by atoms with Crippen molar-refractivity contribution in [1.29, 1.82) is 0 Å². The Hall–Kier alpha value is 0.262. The summed E-state index contributed by atoms with van der Waals surface area (Å²) < 4.78 is 0. The van der Waals surface area contributed by atoms with Crippen LogP contribution in [-0.4, -0.2) is 7.05 Å². The van der Waals surface area contributed by atoms with Crippen LogP contribution < -0.4 is 0 Å². The first-order valence-electron chi connectivity index (χ1n) is 3.24. The quantitative estimate of drug-likeness (QED) is 0.696. The van der Waals surface area contributed by atoms with Crippen LogP contribution in [0.5, 0.6) is 0 Å². The molecule has 0 amide bonds. The number of hydrogen-bond acceptors (Lipinski definition) is 0. The first kappa shape index (κ1) is 12.3. The van der Waals surface area contributed by atoms with Crippen LogP contribution in [0.25, 0.3) is 5.32 Å². The van der Waals surface area contributed by atoms with E-state index in [1.54, 1.807) is 0 Å². The second kappa shape index (κ2) is 7.89. The fourth-order valence-electron chi connectivity index (χ4n) is 0.814. The molecule has 0 unspecified atom stereocenters. The van der Waals surface area contributed by atoms with Gasteiger partial charge in [0, 0.05) is 0 Å². The monoisotopic (exact) mass is 296 g/mol. The molecule has 0 fully saturated rings. The van der Waals surface area contributed by atoms with Crippen molar-refractivity contribution in [1.82, 2.24) is 0 Å². The standard InChI is InChI=1S/C8H10N.2ClH.Pd/c1-7-5-3-4-6-8(7)9-2;;;/h3-6H,1-2H3;2*1H;/q-1;;;+2/p-2. The van der Waals surface area contributed by atoms with Gasteiger partial charge in [0.15, 0.2) is 0 Å². The van der Waals surface area contributed by atoms with Gasteiger partial charge in [0.2, 0.25) is 0 Å². The van der Waals surface area contributed by atoms with Crippen LogP contribution in [0.2, 0.25) is 0 Å². The summed E-state index contributed by atoms with van der Waals surface area (Å²) in [4.78, 5) is 0. The molecule has 72 valence electrons. The van der Waals surface area contributed by atoms with Crippen molar-refractivity contribution in [2.75, 3.05) is 7.05 Å². The molecule has 0 aliphatic carbocycles. The molecule has 0 bridgehead atoms. The number of para-hydroxylation sites is 1.